The molecule has 1 aromatic heterocycles. The highest BCUT2D eigenvalue weighted by Crippen LogP contribution is 2.27. The number of halogens is 2. The third-order valence-corrected chi connectivity index (χ3v) is 5.10. The Kier molecular flexibility index (Phi) is 5.40. The van der Waals surface area contributed by atoms with Crippen LogP contribution in [0.2, 0.25) is 5.02 Å². The molecule has 5 nitrogen and oxygen atoms in total. The number of amides is 1. The lowest BCUT2D eigenvalue weighted by Crippen LogP contribution is -2.29. The second-order valence-corrected chi connectivity index (χ2v) is 7.13. The van der Waals surface area contributed by atoms with Crippen molar-refractivity contribution < 1.29 is 18.7 Å². The number of ether oxygens (including phenoxy) is 1. The van der Waals surface area contributed by atoms with Gasteiger partial charge in [-0.2, -0.15) is 5.26 Å². The number of thiophene rings is 1. The van der Waals surface area contributed by atoms with Gasteiger partial charge in [0.15, 0.2) is 6.10 Å². The van der Waals surface area contributed by atoms with Gasteiger partial charge in [-0.3, -0.25) is 4.79 Å². The monoisotopic (exact) mass is 402 g/mol. The first-order chi connectivity index (χ1) is 12.9. The Morgan fingerprint density at radius 2 is 2.04 bits per heavy atom. The number of nitrogens with zero attached hydrogens (tertiary/aromatic N) is 1. The Hall–Kier alpha value is -2.95. The maximum absolute atomic E-state index is 13.3. The first-order valence-corrected chi connectivity index (χ1v) is 8.97. The summed E-state index contributed by atoms with van der Waals surface area (Å²) in [4.78, 5) is 24.8. The Morgan fingerprint density at radius 3 is 2.74 bits per heavy atom. The van der Waals surface area contributed by atoms with Crippen LogP contribution in [0.15, 0.2) is 42.5 Å². The summed E-state index contributed by atoms with van der Waals surface area (Å²) in [7, 11) is 0. The number of hydrogen-bond donors (Lipinski definition) is 1. The van der Waals surface area contributed by atoms with Gasteiger partial charge in [0.25, 0.3) is 5.91 Å². The van der Waals surface area contributed by atoms with E-state index in [4.69, 9.17) is 21.6 Å². The lowest BCUT2D eigenvalue weighted by molar-refractivity contribution is -0.123. The fraction of sp³-hybridized carbons (Fsp3) is 0.105. The number of fused-ring (bicyclic) bond motifs is 1. The Labute approximate surface area is 162 Å². The van der Waals surface area contributed by atoms with Crippen molar-refractivity contribution in [3.05, 3.63) is 63.7 Å². The zero-order valence-corrected chi connectivity index (χ0v) is 15.5. The van der Waals surface area contributed by atoms with E-state index < -0.39 is 23.8 Å². The number of anilines is 1. The Balaban J connectivity index is 1.67. The highest BCUT2D eigenvalue weighted by Gasteiger charge is 2.21. The van der Waals surface area contributed by atoms with Gasteiger partial charge in [0.2, 0.25) is 0 Å². The van der Waals surface area contributed by atoms with Crippen LogP contribution in [-0.4, -0.2) is 18.0 Å². The zero-order valence-electron chi connectivity index (χ0n) is 14.0. The number of carbonyl (C=O) groups is 2. The molecule has 8 heteroatoms. The van der Waals surface area contributed by atoms with Gasteiger partial charge >= 0.3 is 5.97 Å². The van der Waals surface area contributed by atoms with Crippen molar-refractivity contribution in [2.75, 3.05) is 5.32 Å². The van der Waals surface area contributed by atoms with E-state index in [2.05, 4.69) is 5.32 Å². The molecule has 3 aromatic rings. The number of esters is 1. The summed E-state index contributed by atoms with van der Waals surface area (Å²) in [5.74, 6) is -1.61. The average Bonchev–Trinajstić information content (AvgIpc) is 3.05. The largest absolute Gasteiger partial charge is 0.448 e. The molecule has 0 aliphatic heterocycles. The van der Waals surface area contributed by atoms with E-state index in [1.807, 2.05) is 6.07 Å². The molecule has 0 saturated heterocycles. The summed E-state index contributed by atoms with van der Waals surface area (Å²) in [6, 6.07) is 12.1. The van der Waals surface area contributed by atoms with Crippen molar-refractivity contribution in [2.24, 2.45) is 0 Å². The number of rotatable bonds is 4. The molecule has 1 N–H and O–H groups in total. The van der Waals surface area contributed by atoms with Gasteiger partial charge in [-0.05, 0) is 54.8 Å². The molecule has 3 rings (SSSR count). The summed E-state index contributed by atoms with van der Waals surface area (Å²) >= 11 is 7.08. The molecule has 0 aliphatic rings. The quantitative estimate of drug-likeness (QED) is 0.638. The van der Waals surface area contributed by atoms with E-state index in [0.29, 0.717) is 11.1 Å². The Bertz CT molecular complexity index is 1090. The van der Waals surface area contributed by atoms with Crippen LogP contribution in [0.3, 0.4) is 0 Å². The van der Waals surface area contributed by atoms with Crippen molar-refractivity contribution in [1.82, 2.24) is 0 Å². The molecule has 0 fully saturated rings. The van der Waals surface area contributed by atoms with E-state index in [0.717, 1.165) is 16.0 Å². The summed E-state index contributed by atoms with van der Waals surface area (Å²) in [6.07, 6.45) is -1.06. The molecule has 0 unspecified atom stereocenters. The molecular formula is C19H12ClFN2O3S. The van der Waals surface area contributed by atoms with Crippen LogP contribution in [0.4, 0.5) is 10.1 Å². The molecule has 1 amide bonds. The van der Waals surface area contributed by atoms with E-state index >= 15 is 0 Å². The average molecular weight is 403 g/mol. The minimum absolute atomic E-state index is 0.206. The summed E-state index contributed by atoms with van der Waals surface area (Å²) < 4.78 is 19.2. The van der Waals surface area contributed by atoms with Crippen LogP contribution >= 0.6 is 22.9 Å². The molecule has 2 aromatic carbocycles. The van der Waals surface area contributed by atoms with Crippen LogP contribution in [0, 0.1) is 17.1 Å². The highest BCUT2D eigenvalue weighted by atomic mass is 35.5. The second kappa shape index (κ2) is 7.74. The number of hydrogen-bond acceptors (Lipinski definition) is 5. The lowest BCUT2D eigenvalue weighted by atomic mass is 10.2. The van der Waals surface area contributed by atoms with Crippen LogP contribution in [0.5, 0.6) is 0 Å². The van der Waals surface area contributed by atoms with E-state index in [9.17, 15) is 14.0 Å². The van der Waals surface area contributed by atoms with Gasteiger partial charge in [0.05, 0.1) is 10.6 Å². The maximum Gasteiger partial charge on any atom is 0.349 e. The van der Waals surface area contributed by atoms with Gasteiger partial charge in [-0.15, -0.1) is 11.3 Å². The molecule has 27 heavy (non-hydrogen) atoms. The van der Waals surface area contributed by atoms with E-state index in [1.54, 1.807) is 6.07 Å². The Morgan fingerprint density at radius 1 is 1.26 bits per heavy atom. The fourth-order valence-corrected chi connectivity index (χ4v) is 3.46. The summed E-state index contributed by atoms with van der Waals surface area (Å²) in [5.41, 5.74) is 0.666. The predicted molar refractivity (Wildman–Crippen MR) is 101 cm³/mol. The normalized spacial score (nSPS) is 11.6. The van der Waals surface area contributed by atoms with Crippen molar-refractivity contribution in [3.63, 3.8) is 0 Å². The van der Waals surface area contributed by atoms with E-state index in [-0.39, 0.29) is 15.5 Å². The number of benzene rings is 2. The molecule has 0 spiro atoms. The van der Waals surface area contributed by atoms with Crippen LogP contribution in [-0.2, 0) is 9.53 Å². The first kappa shape index (κ1) is 18.8. The number of nitriles is 1. The smallest absolute Gasteiger partial charge is 0.349 e. The standard InChI is InChI=1S/C19H12ClFN2O3S/c1-10(18(24)23-14-4-2-11(9-22)15(20)8-14)26-19(25)17-7-12-6-13(21)3-5-16(12)27-17/h2-8,10H,1H3,(H,23,24)/t10-/m0/s1. The molecule has 0 saturated carbocycles. The van der Waals surface area contributed by atoms with Gasteiger partial charge in [-0.25, -0.2) is 9.18 Å². The highest BCUT2D eigenvalue weighted by molar-refractivity contribution is 7.20. The topological polar surface area (TPSA) is 79.2 Å². The molecule has 1 heterocycles. The van der Waals surface area contributed by atoms with Gasteiger partial charge < -0.3 is 10.1 Å². The van der Waals surface area contributed by atoms with Gasteiger partial charge in [0, 0.05) is 10.4 Å². The zero-order chi connectivity index (χ0) is 19.6. The summed E-state index contributed by atoms with van der Waals surface area (Å²) in [6.45, 7) is 1.44. The minimum atomic E-state index is -1.06. The SMILES string of the molecule is C[C@H](OC(=O)c1cc2cc(F)ccc2s1)C(=O)Nc1ccc(C#N)c(Cl)c1. The van der Waals surface area contributed by atoms with Crippen molar-refractivity contribution >= 4 is 50.6 Å². The molecule has 1 atom stereocenters. The lowest BCUT2D eigenvalue weighted by Gasteiger charge is -2.13. The molecular weight excluding hydrogens is 391 g/mol. The third kappa shape index (κ3) is 4.25. The van der Waals surface area contributed by atoms with Crippen molar-refractivity contribution in [3.8, 4) is 6.07 Å². The van der Waals surface area contributed by atoms with Crippen LogP contribution in [0.1, 0.15) is 22.2 Å². The third-order valence-electron chi connectivity index (χ3n) is 3.69. The molecule has 0 radical (unpaired) electrons. The van der Waals surface area contributed by atoms with Crippen LogP contribution < -0.4 is 5.32 Å². The first-order valence-electron chi connectivity index (χ1n) is 7.78. The minimum Gasteiger partial charge on any atom is -0.448 e. The summed E-state index contributed by atoms with van der Waals surface area (Å²) in [5, 5.41) is 12.2. The van der Waals surface area contributed by atoms with Crippen LogP contribution in [0.25, 0.3) is 10.1 Å². The van der Waals surface area contributed by atoms with Gasteiger partial charge in [-0.1, -0.05) is 11.6 Å². The number of nitrogens with one attached hydrogen (secondary N) is 1. The molecule has 0 bridgehead atoms. The van der Waals surface area contributed by atoms with Crippen molar-refractivity contribution in [2.45, 2.75) is 13.0 Å². The predicted octanol–water partition coefficient (Wildman–Crippen LogP) is 4.75. The van der Waals surface area contributed by atoms with Gasteiger partial charge in [0.1, 0.15) is 16.8 Å². The fourth-order valence-electron chi connectivity index (χ4n) is 2.31. The van der Waals surface area contributed by atoms with E-state index in [1.165, 1.54) is 43.3 Å². The number of carbonyl (C=O) groups excluding carboxylic acids is 2. The second-order valence-electron chi connectivity index (χ2n) is 5.64. The van der Waals surface area contributed by atoms with Crippen molar-refractivity contribution in [1.29, 1.82) is 5.26 Å². The molecule has 136 valence electrons. The molecule has 0 aliphatic carbocycles. The maximum atomic E-state index is 13.3.